The van der Waals surface area contributed by atoms with Crippen molar-refractivity contribution in [2.24, 2.45) is 0 Å². The number of Topliss-reactive ketones (excluding diaryl/α,β-unsaturated/α-hetero) is 3. The standard InChI is InChI=1S/C46H83N3O13/c1-47-40(42(53)35-50)25-17-14-16-23-39(52)36-61-31-21-15-20-30-48-44(55)37-62-34-33-60-32-22-24-38(51)28-29-41(46(58)59)49-43(54)26-18-12-10-8-6-4-2-3-5-7-9-11-13-19-27-45(56)57/h40-41,47,50H,2-37H2,1H3,(H,48,55)(H,49,54)(H,56,57)(H,58,59)/t40-,41-/m0/s1. The van der Waals surface area contributed by atoms with E-state index in [2.05, 4.69) is 16.0 Å². The molecule has 0 rings (SSSR count). The molecule has 360 valence electrons. The summed E-state index contributed by atoms with van der Waals surface area (Å²) in [6, 6.07) is -1.44. The van der Waals surface area contributed by atoms with Crippen LogP contribution in [-0.4, -0.2) is 128 Å². The Morgan fingerprint density at radius 2 is 0.984 bits per heavy atom. The van der Waals surface area contributed by atoms with Crippen molar-refractivity contribution in [3.63, 3.8) is 0 Å². The molecule has 0 unspecified atom stereocenters. The molecule has 16 nitrogen and oxygen atoms in total. The molecular weight excluding hydrogens is 803 g/mol. The lowest BCUT2D eigenvalue weighted by molar-refractivity contribution is -0.142. The summed E-state index contributed by atoms with van der Waals surface area (Å²) < 4.78 is 16.3. The molecule has 0 fully saturated rings. The third-order valence-electron chi connectivity index (χ3n) is 10.6. The number of amides is 2. The second kappa shape index (κ2) is 43.0. The van der Waals surface area contributed by atoms with Crippen molar-refractivity contribution >= 4 is 41.1 Å². The van der Waals surface area contributed by atoms with E-state index in [1.54, 1.807) is 7.05 Å². The smallest absolute Gasteiger partial charge is 0.326 e. The van der Waals surface area contributed by atoms with E-state index in [4.69, 9.17) is 24.4 Å². The first-order valence-corrected chi connectivity index (χ1v) is 23.6. The molecule has 62 heavy (non-hydrogen) atoms. The van der Waals surface area contributed by atoms with Gasteiger partial charge in [-0.2, -0.15) is 0 Å². The molecule has 0 saturated carbocycles. The van der Waals surface area contributed by atoms with Gasteiger partial charge in [0.1, 0.15) is 31.6 Å². The topological polar surface area (TPSA) is 244 Å². The second-order valence-corrected chi connectivity index (χ2v) is 16.2. The lowest BCUT2D eigenvalue weighted by atomic mass is 10.0. The predicted molar refractivity (Wildman–Crippen MR) is 237 cm³/mol. The summed E-state index contributed by atoms with van der Waals surface area (Å²) in [5, 5.41) is 35.4. The fourth-order valence-electron chi connectivity index (χ4n) is 6.86. The van der Waals surface area contributed by atoms with Gasteiger partial charge in [0.05, 0.1) is 19.3 Å². The molecule has 0 aliphatic carbocycles. The quantitative estimate of drug-likeness (QED) is 0.0383. The molecule has 0 aromatic heterocycles. The third-order valence-corrected chi connectivity index (χ3v) is 10.6. The highest BCUT2D eigenvalue weighted by Crippen LogP contribution is 2.14. The van der Waals surface area contributed by atoms with E-state index in [0.717, 1.165) is 77.0 Å². The maximum absolute atomic E-state index is 12.3. The first-order valence-electron chi connectivity index (χ1n) is 23.6. The van der Waals surface area contributed by atoms with Gasteiger partial charge in [-0.3, -0.25) is 28.8 Å². The number of ketones is 3. The summed E-state index contributed by atoms with van der Waals surface area (Å²) in [4.78, 5) is 82.4. The fraction of sp³-hybridized carbons (Fsp3) is 0.848. The number of rotatable bonds is 48. The van der Waals surface area contributed by atoms with Crippen molar-refractivity contribution in [2.75, 3.05) is 59.8 Å². The van der Waals surface area contributed by atoms with Crippen LogP contribution in [0.2, 0.25) is 0 Å². The average molecular weight is 886 g/mol. The largest absolute Gasteiger partial charge is 0.481 e. The number of hydrogen-bond donors (Lipinski definition) is 6. The Hall–Kier alpha value is -3.31. The van der Waals surface area contributed by atoms with Crippen molar-refractivity contribution in [2.45, 2.75) is 192 Å². The van der Waals surface area contributed by atoms with Gasteiger partial charge < -0.3 is 45.5 Å². The highest BCUT2D eigenvalue weighted by Gasteiger charge is 2.21. The third kappa shape index (κ3) is 39.5. The zero-order valence-electron chi connectivity index (χ0n) is 38.0. The fourth-order valence-corrected chi connectivity index (χ4v) is 6.86. The zero-order valence-corrected chi connectivity index (χ0v) is 38.0. The van der Waals surface area contributed by atoms with E-state index in [9.17, 15) is 38.7 Å². The number of carbonyl (C=O) groups is 7. The first kappa shape index (κ1) is 58.7. The molecule has 2 atom stereocenters. The van der Waals surface area contributed by atoms with Crippen molar-refractivity contribution in [3.05, 3.63) is 0 Å². The highest BCUT2D eigenvalue weighted by molar-refractivity contribution is 5.85. The minimum absolute atomic E-state index is 0.0422. The minimum atomic E-state index is -1.15. The van der Waals surface area contributed by atoms with Gasteiger partial charge in [-0.15, -0.1) is 0 Å². The van der Waals surface area contributed by atoms with E-state index in [1.807, 2.05) is 0 Å². The highest BCUT2D eigenvalue weighted by atomic mass is 16.5. The Kier molecular flexibility index (Phi) is 40.7. The summed E-state index contributed by atoms with van der Waals surface area (Å²) in [6.07, 6.45) is 22.3. The van der Waals surface area contributed by atoms with Gasteiger partial charge in [-0.05, 0) is 64.8 Å². The van der Waals surface area contributed by atoms with E-state index >= 15 is 0 Å². The van der Waals surface area contributed by atoms with Gasteiger partial charge in [0.25, 0.3) is 0 Å². The summed E-state index contributed by atoms with van der Waals surface area (Å²) in [5.74, 6) is -2.66. The van der Waals surface area contributed by atoms with Crippen LogP contribution in [0.4, 0.5) is 0 Å². The number of carbonyl (C=O) groups excluding carboxylic acids is 5. The van der Waals surface area contributed by atoms with Gasteiger partial charge >= 0.3 is 11.9 Å². The molecule has 0 radical (unpaired) electrons. The number of ether oxygens (including phenoxy) is 3. The van der Waals surface area contributed by atoms with E-state index < -0.39 is 24.6 Å². The number of carboxylic acids is 2. The van der Waals surface area contributed by atoms with E-state index in [1.165, 1.54) is 44.9 Å². The van der Waals surface area contributed by atoms with Crippen LogP contribution in [0, 0.1) is 0 Å². The number of nitrogens with one attached hydrogen (secondary N) is 3. The summed E-state index contributed by atoms with van der Waals surface area (Å²) in [7, 11) is 1.69. The maximum Gasteiger partial charge on any atom is 0.326 e. The number of aliphatic hydroxyl groups excluding tert-OH is 1. The molecule has 6 N–H and O–H groups in total. The van der Waals surface area contributed by atoms with Crippen LogP contribution in [0.5, 0.6) is 0 Å². The summed E-state index contributed by atoms with van der Waals surface area (Å²) in [5.41, 5.74) is 0. The number of carboxylic acid groups (broad SMARTS) is 2. The van der Waals surface area contributed by atoms with Gasteiger partial charge in [0.2, 0.25) is 11.8 Å². The average Bonchev–Trinajstić information content (AvgIpc) is 3.24. The van der Waals surface area contributed by atoms with Crippen LogP contribution >= 0.6 is 0 Å². The first-order chi connectivity index (χ1) is 30.0. The Morgan fingerprint density at radius 1 is 0.468 bits per heavy atom. The van der Waals surface area contributed by atoms with Crippen LogP contribution < -0.4 is 16.0 Å². The molecule has 0 saturated heterocycles. The number of aliphatic carboxylic acids is 2. The SMILES string of the molecule is CN[C@@H](CCCCCC(=O)COCCCCCNC(=O)COCCOCCCC(=O)CC[C@H](NC(=O)CCCCCCCCCCCCCCCCC(=O)O)C(=O)O)C(=O)CO. The van der Waals surface area contributed by atoms with Crippen molar-refractivity contribution in [1.82, 2.24) is 16.0 Å². The summed E-state index contributed by atoms with van der Waals surface area (Å²) in [6.45, 7) is 1.33. The minimum Gasteiger partial charge on any atom is -0.481 e. The zero-order chi connectivity index (χ0) is 45.9. The lowest BCUT2D eigenvalue weighted by Gasteiger charge is -2.14. The lowest BCUT2D eigenvalue weighted by Crippen LogP contribution is -2.41. The van der Waals surface area contributed by atoms with Crippen LogP contribution in [0.15, 0.2) is 0 Å². The normalized spacial score (nSPS) is 12.2. The molecular formula is C46H83N3O13. The number of aliphatic hydroxyl groups is 1. The van der Waals surface area contributed by atoms with Crippen molar-refractivity contribution in [1.29, 1.82) is 0 Å². The maximum atomic E-state index is 12.3. The Morgan fingerprint density at radius 3 is 1.58 bits per heavy atom. The monoisotopic (exact) mass is 886 g/mol. The molecule has 0 aromatic carbocycles. The van der Waals surface area contributed by atoms with Crippen molar-refractivity contribution < 1.29 is 63.1 Å². The molecule has 0 spiro atoms. The molecule has 0 aromatic rings. The van der Waals surface area contributed by atoms with Crippen LogP contribution in [0.3, 0.4) is 0 Å². The molecule has 0 aliphatic heterocycles. The van der Waals surface area contributed by atoms with Crippen LogP contribution in [0.25, 0.3) is 0 Å². The van der Waals surface area contributed by atoms with E-state index in [-0.39, 0.29) is 93.7 Å². The van der Waals surface area contributed by atoms with Gasteiger partial charge in [-0.1, -0.05) is 89.9 Å². The number of likely N-dealkylation sites (N-methyl/N-ethyl adjacent to an activating group) is 1. The second-order valence-electron chi connectivity index (χ2n) is 16.2. The Labute approximate surface area is 371 Å². The molecule has 0 bridgehead atoms. The molecule has 16 heteroatoms. The van der Waals surface area contributed by atoms with Crippen molar-refractivity contribution in [3.8, 4) is 0 Å². The predicted octanol–water partition coefficient (Wildman–Crippen LogP) is 6.02. The number of hydrogen-bond acceptors (Lipinski definition) is 12. The molecule has 2 amide bonds. The Balaban J connectivity index is 3.66. The van der Waals surface area contributed by atoms with Gasteiger partial charge in [0.15, 0.2) is 11.6 Å². The molecule has 0 heterocycles. The van der Waals surface area contributed by atoms with Gasteiger partial charge in [-0.25, -0.2) is 4.79 Å². The Bertz CT molecular complexity index is 1200. The van der Waals surface area contributed by atoms with Gasteiger partial charge in [0, 0.05) is 51.9 Å². The number of unbranched alkanes of at least 4 members (excludes halogenated alkanes) is 17. The molecule has 0 aliphatic rings. The van der Waals surface area contributed by atoms with E-state index in [0.29, 0.717) is 45.4 Å². The van der Waals surface area contributed by atoms with Crippen LogP contribution in [0.1, 0.15) is 180 Å². The summed E-state index contributed by atoms with van der Waals surface area (Å²) >= 11 is 0. The van der Waals surface area contributed by atoms with Crippen LogP contribution in [-0.2, 0) is 47.8 Å².